The molecule has 1 aromatic rings. The third kappa shape index (κ3) is 4.44. The number of hydrogen-bond acceptors (Lipinski definition) is 3. The Morgan fingerprint density at radius 1 is 1.32 bits per heavy atom. The molecular formula is C16H23NO2. The highest BCUT2D eigenvalue weighted by Gasteiger charge is 2.27. The molecule has 0 radical (unpaired) electrons. The summed E-state index contributed by atoms with van der Waals surface area (Å²) in [6.07, 6.45) is 3.32. The Morgan fingerprint density at radius 3 is 2.63 bits per heavy atom. The molecule has 19 heavy (non-hydrogen) atoms. The summed E-state index contributed by atoms with van der Waals surface area (Å²) in [7, 11) is 2.09. The van der Waals surface area contributed by atoms with Crippen molar-refractivity contribution < 1.29 is 9.90 Å². The molecule has 1 fully saturated rings. The predicted molar refractivity (Wildman–Crippen MR) is 76.2 cm³/mol. The first-order valence-corrected chi connectivity index (χ1v) is 7.10. The number of carbonyl (C=O) groups is 1. The maximum absolute atomic E-state index is 11.9. The van der Waals surface area contributed by atoms with Crippen LogP contribution in [-0.4, -0.2) is 42.0 Å². The molecule has 0 saturated heterocycles. The van der Waals surface area contributed by atoms with Gasteiger partial charge < -0.3 is 10.0 Å². The van der Waals surface area contributed by atoms with Gasteiger partial charge in [-0.2, -0.15) is 0 Å². The first-order chi connectivity index (χ1) is 9.15. The molecule has 0 unspecified atom stereocenters. The molecule has 0 spiro atoms. The Labute approximate surface area is 115 Å². The number of carbonyl (C=O) groups excluding carboxylic acids is 1. The number of ketones is 1. The molecule has 1 N–H and O–H groups in total. The van der Waals surface area contributed by atoms with Crippen LogP contribution >= 0.6 is 0 Å². The lowest BCUT2D eigenvalue weighted by Gasteiger charge is -2.34. The Kier molecular flexibility index (Phi) is 5.11. The number of hydrogen-bond donors (Lipinski definition) is 1. The van der Waals surface area contributed by atoms with E-state index in [1.807, 2.05) is 30.3 Å². The Hall–Kier alpha value is -1.19. The molecule has 0 amide bonds. The highest BCUT2D eigenvalue weighted by atomic mass is 16.3. The quantitative estimate of drug-likeness (QED) is 0.766. The van der Waals surface area contributed by atoms with Crippen molar-refractivity contribution in [3.63, 3.8) is 0 Å². The smallest absolute Gasteiger partial charge is 0.162 e. The van der Waals surface area contributed by atoms with Crippen molar-refractivity contribution in [2.24, 2.45) is 5.92 Å². The fourth-order valence-corrected chi connectivity index (χ4v) is 2.66. The zero-order chi connectivity index (χ0) is 13.7. The maximum atomic E-state index is 11.9. The monoisotopic (exact) mass is 261 g/mol. The van der Waals surface area contributed by atoms with Gasteiger partial charge in [-0.1, -0.05) is 30.3 Å². The van der Waals surface area contributed by atoms with Gasteiger partial charge in [-0.25, -0.2) is 0 Å². The van der Waals surface area contributed by atoms with Crippen LogP contribution in [-0.2, 0) is 0 Å². The minimum atomic E-state index is -0.0712. The van der Waals surface area contributed by atoms with Gasteiger partial charge in [-0.05, 0) is 38.8 Å². The van der Waals surface area contributed by atoms with Crippen molar-refractivity contribution in [3.05, 3.63) is 35.9 Å². The second kappa shape index (κ2) is 6.83. The summed E-state index contributed by atoms with van der Waals surface area (Å²) in [6.45, 7) is 1.99. The van der Waals surface area contributed by atoms with Crippen molar-refractivity contribution in [1.29, 1.82) is 0 Å². The van der Waals surface area contributed by atoms with Gasteiger partial charge in [0.05, 0.1) is 6.10 Å². The molecular weight excluding hydrogens is 238 g/mol. The average molecular weight is 261 g/mol. The van der Waals surface area contributed by atoms with Crippen LogP contribution in [0.15, 0.2) is 30.3 Å². The van der Waals surface area contributed by atoms with E-state index in [0.29, 0.717) is 12.3 Å². The Bertz CT molecular complexity index is 398. The van der Waals surface area contributed by atoms with Crippen molar-refractivity contribution in [3.8, 4) is 0 Å². The zero-order valence-corrected chi connectivity index (χ0v) is 11.6. The lowest BCUT2D eigenvalue weighted by Crippen LogP contribution is -2.37. The van der Waals surface area contributed by atoms with Gasteiger partial charge in [0.2, 0.25) is 0 Å². The number of aliphatic hydroxyl groups excluding tert-OH is 1. The number of nitrogens with zero attached hydrogens (tertiary/aromatic N) is 1. The molecule has 2 rings (SSSR count). The van der Waals surface area contributed by atoms with Gasteiger partial charge in [-0.3, -0.25) is 4.79 Å². The van der Waals surface area contributed by atoms with Gasteiger partial charge in [-0.15, -0.1) is 0 Å². The molecule has 0 aromatic heterocycles. The van der Waals surface area contributed by atoms with Crippen LogP contribution in [0.1, 0.15) is 36.0 Å². The van der Waals surface area contributed by atoms with Crippen molar-refractivity contribution >= 4 is 5.78 Å². The highest BCUT2D eigenvalue weighted by molar-refractivity contribution is 5.95. The lowest BCUT2D eigenvalue weighted by atomic mass is 9.82. The second-order valence-electron chi connectivity index (χ2n) is 5.65. The first-order valence-electron chi connectivity index (χ1n) is 7.10. The van der Waals surface area contributed by atoms with Crippen LogP contribution in [0, 0.1) is 5.92 Å². The van der Waals surface area contributed by atoms with Crippen molar-refractivity contribution in [2.75, 3.05) is 20.1 Å². The number of Topliss-reactive ketones (excluding diaryl/α,β-unsaturated/α-hetero) is 1. The standard InChI is InChI=1S/C16H23NO2/c1-17(12-13-10-15(18)11-13)9-5-8-16(19)14-6-3-2-4-7-14/h2-4,6-7,13,15,18H,5,8-12H2,1H3. The molecule has 0 heterocycles. The summed E-state index contributed by atoms with van der Waals surface area (Å²) in [5.41, 5.74) is 0.812. The normalized spacial score (nSPS) is 22.3. The van der Waals surface area contributed by atoms with Gasteiger partial charge >= 0.3 is 0 Å². The van der Waals surface area contributed by atoms with Crippen LogP contribution < -0.4 is 0 Å². The topological polar surface area (TPSA) is 40.5 Å². The number of benzene rings is 1. The number of aliphatic hydroxyl groups is 1. The predicted octanol–water partition coefficient (Wildman–Crippen LogP) is 2.35. The van der Waals surface area contributed by atoms with Crippen LogP contribution in [0.3, 0.4) is 0 Å². The van der Waals surface area contributed by atoms with E-state index in [0.717, 1.165) is 37.9 Å². The molecule has 0 atom stereocenters. The fraction of sp³-hybridized carbons (Fsp3) is 0.562. The molecule has 0 aliphatic heterocycles. The van der Waals surface area contributed by atoms with Gasteiger partial charge in [0.1, 0.15) is 0 Å². The minimum Gasteiger partial charge on any atom is -0.393 e. The number of rotatable bonds is 7. The van der Waals surface area contributed by atoms with E-state index in [2.05, 4.69) is 11.9 Å². The Morgan fingerprint density at radius 2 is 2.00 bits per heavy atom. The van der Waals surface area contributed by atoms with Gasteiger partial charge in [0.15, 0.2) is 5.78 Å². The largest absolute Gasteiger partial charge is 0.393 e. The summed E-state index contributed by atoms with van der Waals surface area (Å²) in [5, 5.41) is 9.24. The third-order valence-electron chi connectivity index (χ3n) is 3.82. The molecule has 1 aromatic carbocycles. The molecule has 1 saturated carbocycles. The van der Waals surface area contributed by atoms with Crippen LogP contribution in [0.25, 0.3) is 0 Å². The van der Waals surface area contributed by atoms with Crippen LogP contribution in [0.5, 0.6) is 0 Å². The molecule has 3 heteroatoms. The van der Waals surface area contributed by atoms with Gasteiger partial charge in [0.25, 0.3) is 0 Å². The second-order valence-corrected chi connectivity index (χ2v) is 5.65. The van der Waals surface area contributed by atoms with E-state index >= 15 is 0 Å². The van der Waals surface area contributed by atoms with Crippen molar-refractivity contribution in [1.82, 2.24) is 4.90 Å². The summed E-state index contributed by atoms with van der Waals surface area (Å²) in [6, 6.07) is 9.49. The summed E-state index contributed by atoms with van der Waals surface area (Å²) in [4.78, 5) is 14.2. The van der Waals surface area contributed by atoms with E-state index in [1.54, 1.807) is 0 Å². The molecule has 3 nitrogen and oxygen atoms in total. The average Bonchev–Trinajstić information content (AvgIpc) is 2.38. The van der Waals surface area contributed by atoms with E-state index in [1.165, 1.54) is 0 Å². The summed E-state index contributed by atoms with van der Waals surface area (Å²) in [5.74, 6) is 0.873. The first kappa shape index (κ1) is 14.2. The molecule has 1 aliphatic rings. The van der Waals surface area contributed by atoms with E-state index in [4.69, 9.17) is 0 Å². The lowest BCUT2D eigenvalue weighted by molar-refractivity contribution is 0.0282. The van der Waals surface area contributed by atoms with Crippen LogP contribution in [0.4, 0.5) is 0 Å². The third-order valence-corrected chi connectivity index (χ3v) is 3.82. The molecule has 104 valence electrons. The fourth-order valence-electron chi connectivity index (χ4n) is 2.66. The molecule has 0 bridgehead atoms. The summed E-state index contributed by atoms with van der Waals surface area (Å²) < 4.78 is 0. The van der Waals surface area contributed by atoms with E-state index < -0.39 is 0 Å². The van der Waals surface area contributed by atoms with E-state index in [-0.39, 0.29) is 11.9 Å². The maximum Gasteiger partial charge on any atom is 0.162 e. The summed E-state index contributed by atoms with van der Waals surface area (Å²) >= 11 is 0. The molecule has 1 aliphatic carbocycles. The van der Waals surface area contributed by atoms with Crippen molar-refractivity contribution in [2.45, 2.75) is 31.8 Å². The minimum absolute atomic E-state index is 0.0712. The zero-order valence-electron chi connectivity index (χ0n) is 11.6. The highest BCUT2D eigenvalue weighted by Crippen LogP contribution is 2.27. The van der Waals surface area contributed by atoms with Gasteiger partial charge in [0, 0.05) is 18.5 Å². The Balaban J connectivity index is 1.62. The van der Waals surface area contributed by atoms with E-state index in [9.17, 15) is 9.90 Å². The van der Waals surface area contributed by atoms with Crippen LogP contribution in [0.2, 0.25) is 0 Å². The SMILES string of the molecule is CN(CCCC(=O)c1ccccc1)CC1CC(O)C1.